The molecule has 0 radical (unpaired) electrons. The molecular formula is C17H29IN6S. The number of guanidine groups is 1. The Morgan fingerprint density at radius 3 is 2.72 bits per heavy atom. The average Bonchev–Trinajstić information content (AvgIpc) is 3.14. The van der Waals surface area contributed by atoms with Crippen LogP contribution in [-0.4, -0.2) is 39.7 Å². The molecule has 2 aromatic rings. The quantitative estimate of drug-likeness (QED) is 0.395. The fourth-order valence-corrected chi connectivity index (χ4v) is 3.43. The second kappa shape index (κ2) is 10.1. The van der Waals surface area contributed by atoms with Gasteiger partial charge in [0.2, 0.25) is 0 Å². The summed E-state index contributed by atoms with van der Waals surface area (Å²) < 4.78 is 1.89. The minimum Gasteiger partial charge on any atom is -0.350 e. The summed E-state index contributed by atoms with van der Waals surface area (Å²) in [5.74, 6) is 1.27. The van der Waals surface area contributed by atoms with E-state index >= 15 is 0 Å². The molecule has 1 N–H and O–H groups in total. The number of halogens is 1. The Kier molecular flexibility index (Phi) is 8.84. The predicted molar refractivity (Wildman–Crippen MR) is 116 cm³/mol. The second-order valence-corrected chi connectivity index (χ2v) is 7.40. The van der Waals surface area contributed by atoms with Crippen molar-refractivity contribution >= 4 is 41.3 Å². The maximum atomic E-state index is 4.58. The number of nitrogens with zero attached hydrogens (tertiary/aromatic N) is 5. The molecule has 0 atom stereocenters. The third-order valence-corrected chi connectivity index (χ3v) is 4.95. The molecule has 0 aliphatic heterocycles. The molecule has 0 aliphatic rings. The first kappa shape index (κ1) is 21.9. The first-order chi connectivity index (χ1) is 11.4. The molecule has 2 aromatic heterocycles. The number of hydrogen-bond acceptors (Lipinski definition) is 4. The summed E-state index contributed by atoms with van der Waals surface area (Å²) in [5, 5.41) is 9.06. The van der Waals surface area contributed by atoms with Gasteiger partial charge in [-0.15, -0.1) is 35.3 Å². The highest BCUT2D eigenvalue weighted by Gasteiger charge is 2.15. The number of aromatic nitrogens is 3. The summed E-state index contributed by atoms with van der Waals surface area (Å²) in [6.07, 6.45) is 5.08. The largest absolute Gasteiger partial charge is 0.350 e. The van der Waals surface area contributed by atoms with E-state index in [1.165, 1.54) is 10.4 Å². The van der Waals surface area contributed by atoms with Gasteiger partial charge in [0.15, 0.2) is 5.96 Å². The van der Waals surface area contributed by atoms with Gasteiger partial charge in [0.05, 0.1) is 12.2 Å². The minimum absolute atomic E-state index is 0. The lowest BCUT2D eigenvalue weighted by atomic mass is 10.1. The molecule has 0 unspecified atom stereocenters. The van der Waals surface area contributed by atoms with Gasteiger partial charge in [-0.3, -0.25) is 9.67 Å². The number of aryl methyl sites for hydroxylation is 2. The van der Waals surface area contributed by atoms with Gasteiger partial charge >= 0.3 is 0 Å². The Balaban J connectivity index is 0.00000312. The Hall–Kier alpha value is -1.16. The Morgan fingerprint density at radius 2 is 2.16 bits per heavy atom. The number of hydrogen-bond donors (Lipinski definition) is 1. The van der Waals surface area contributed by atoms with Crippen LogP contribution in [0.15, 0.2) is 17.4 Å². The van der Waals surface area contributed by atoms with Crippen LogP contribution < -0.4 is 5.32 Å². The van der Waals surface area contributed by atoms with Crippen LogP contribution >= 0.6 is 35.3 Å². The van der Waals surface area contributed by atoms with Crippen LogP contribution in [0.1, 0.15) is 47.8 Å². The summed E-state index contributed by atoms with van der Waals surface area (Å²) in [7, 11) is 5.83. The summed E-state index contributed by atoms with van der Waals surface area (Å²) in [6.45, 7) is 7.97. The zero-order valence-corrected chi connectivity index (χ0v) is 19.1. The van der Waals surface area contributed by atoms with Crippen LogP contribution in [0.4, 0.5) is 0 Å². The maximum absolute atomic E-state index is 4.58. The van der Waals surface area contributed by atoms with Crippen molar-refractivity contribution in [1.82, 2.24) is 25.0 Å². The van der Waals surface area contributed by atoms with Gasteiger partial charge in [0, 0.05) is 50.5 Å². The molecule has 0 amide bonds. The van der Waals surface area contributed by atoms with Crippen molar-refractivity contribution in [2.45, 2.75) is 46.2 Å². The molecule has 0 fully saturated rings. The number of nitrogens with one attached hydrogen (secondary N) is 1. The molecule has 0 spiro atoms. The second-order valence-electron chi connectivity index (χ2n) is 6.20. The van der Waals surface area contributed by atoms with Crippen LogP contribution in [0, 0.1) is 0 Å². The van der Waals surface area contributed by atoms with Crippen molar-refractivity contribution in [2.75, 3.05) is 14.1 Å². The first-order valence-corrected chi connectivity index (χ1v) is 9.14. The van der Waals surface area contributed by atoms with Gasteiger partial charge < -0.3 is 10.2 Å². The lowest BCUT2D eigenvalue weighted by Crippen LogP contribution is -2.38. The third-order valence-electron chi connectivity index (χ3n) is 3.81. The van der Waals surface area contributed by atoms with E-state index in [9.17, 15) is 0 Å². The van der Waals surface area contributed by atoms with Crippen molar-refractivity contribution in [3.05, 3.63) is 33.5 Å². The third kappa shape index (κ3) is 5.95. The lowest BCUT2D eigenvalue weighted by Gasteiger charge is -2.22. The molecule has 2 heterocycles. The van der Waals surface area contributed by atoms with Crippen molar-refractivity contribution in [3.63, 3.8) is 0 Å². The topological polar surface area (TPSA) is 58.3 Å². The average molecular weight is 476 g/mol. The highest BCUT2D eigenvalue weighted by Crippen LogP contribution is 2.18. The Morgan fingerprint density at radius 1 is 1.44 bits per heavy atom. The van der Waals surface area contributed by atoms with Crippen molar-refractivity contribution in [1.29, 1.82) is 0 Å². The van der Waals surface area contributed by atoms with Crippen LogP contribution in [0.3, 0.4) is 0 Å². The zero-order valence-electron chi connectivity index (χ0n) is 15.9. The summed E-state index contributed by atoms with van der Waals surface area (Å²) in [4.78, 5) is 12.3. The van der Waals surface area contributed by atoms with Crippen LogP contribution in [0.5, 0.6) is 0 Å². The monoisotopic (exact) mass is 476 g/mol. The smallest absolute Gasteiger partial charge is 0.194 e. The van der Waals surface area contributed by atoms with Gasteiger partial charge in [0.25, 0.3) is 0 Å². The normalized spacial score (nSPS) is 11.6. The molecular weight excluding hydrogens is 447 g/mol. The van der Waals surface area contributed by atoms with E-state index in [-0.39, 0.29) is 24.0 Å². The standard InChI is InChI=1S/C17H28N6S.HI/c1-7-14-8-19-15(24-14)9-20-17(18-4)22(5)10-13-11-23(6)21-16(13)12(2)3;/h8,11-12H,7,9-10H2,1-6H3,(H,18,20);1H. The SMILES string of the molecule is CCc1cnc(CNC(=NC)N(C)Cc2cn(C)nc2C(C)C)s1.I. The van der Waals surface area contributed by atoms with E-state index in [1.54, 1.807) is 11.3 Å². The predicted octanol–water partition coefficient (Wildman–Crippen LogP) is 3.39. The Labute approximate surface area is 171 Å². The van der Waals surface area contributed by atoms with Crippen LogP contribution in [0.25, 0.3) is 0 Å². The molecule has 25 heavy (non-hydrogen) atoms. The molecule has 0 bridgehead atoms. The number of rotatable bonds is 6. The van der Waals surface area contributed by atoms with E-state index in [0.717, 1.165) is 29.6 Å². The number of aliphatic imine (C=N–C) groups is 1. The van der Waals surface area contributed by atoms with Crippen LogP contribution in [-0.2, 0) is 26.6 Å². The summed E-state index contributed by atoms with van der Waals surface area (Å²) in [6, 6.07) is 0. The highest BCUT2D eigenvalue weighted by molar-refractivity contribution is 14.0. The van der Waals surface area contributed by atoms with E-state index < -0.39 is 0 Å². The molecule has 0 aliphatic carbocycles. The first-order valence-electron chi connectivity index (χ1n) is 8.32. The van der Waals surface area contributed by atoms with Crippen molar-refractivity contribution in [3.8, 4) is 0 Å². The zero-order chi connectivity index (χ0) is 17.7. The fraction of sp³-hybridized carbons (Fsp3) is 0.588. The molecule has 0 saturated carbocycles. The van der Waals surface area contributed by atoms with E-state index in [0.29, 0.717) is 12.5 Å². The Bertz CT molecular complexity index is 691. The van der Waals surface area contributed by atoms with Crippen molar-refractivity contribution < 1.29 is 0 Å². The maximum Gasteiger partial charge on any atom is 0.194 e. The van der Waals surface area contributed by atoms with E-state index in [4.69, 9.17) is 0 Å². The molecule has 0 saturated heterocycles. The van der Waals surface area contributed by atoms with Crippen molar-refractivity contribution in [2.24, 2.45) is 12.0 Å². The number of thiazole rings is 1. The van der Waals surface area contributed by atoms with Gasteiger partial charge in [0.1, 0.15) is 5.01 Å². The molecule has 2 rings (SSSR count). The highest BCUT2D eigenvalue weighted by atomic mass is 127. The molecule has 6 nitrogen and oxygen atoms in total. The van der Waals surface area contributed by atoms with Crippen LogP contribution in [0.2, 0.25) is 0 Å². The summed E-state index contributed by atoms with van der Waals surface area (Å²) >= 11 is 1.75. The van der Waals surface area contributed by atoms with Gasteiger partial charge in [-0.1, -0.05) is 20.8 Å². The molecule has 140 valence electrons. The van der Waals surface area contributed by atoms with Gasteiger partial charge in [-0.05, 0) is 12.3 Å². The molecule has 0 aromatic carbocycles. The van der Waals surface area contributed by atoms with E-state index in [1.807, 2.05) is 32.0 Å². The lowest BCUT2D eigenvalue weighted by molar-refractivity contribution is 0.473. The van der Waals surface area contributed by atoms with Gasteiger partial charge in [-0.2, -0.15) is 5.10 Å². The fourth-order valence-electron chi connectivity index (χ4n) is 2.63. The van der Waals surface area contributed by atoms with E-state index in [2.05, 4.69) is 52.3 Å². The molecule has 8 heteroatoms. The van der Waals surface area contributed by atoms with Gasteiger partial charge in [-0.25, -0.2) is 4.98 Å². The minimum atomic E-state index is 0. The summed E-state index contributed by atoms with van der Waals surface area (Å²) in [5.41, 5.74) is 2.38.